The number of esters is 1. The molecule has 152 valence electrons. The third-order valence-corrected chi connectivity index (χ3v) is 5.32. The quantitative estimate of drug-likeness (QED) is 0.484. The van der Waals surface area contributed by atoms with Crippen LogP contribution >= 0.6 is 15.9 Å². The lowest BCUT2D eigenvalue weighted by Crippen LogP contribution is -2.47. The summed E-state index contributed by atoms with van der Waals surface area (Å²) in [5, 5.41) is 0. The van der Waals surface area contributed by atoms with E-state index < -0.39 is 39.9 Å². The van der Waals surface area contributed by atoms with E-state index in [0.717, 1.165) is 4.47 Å². The minimum absolute atomic E-state index is 0.0160. The van der Waals surface area contributed by atoms with E-state index in [1.165, 1.54) is 12.1 Å². The number of carbonyl (C=O) groups excluding carboxylic acids is 1. The summed E-state index contributed by atoms with van der Waals surface area (Å²) < 4.78 is 47.6. The second-order valence-electron chi connectivity index (χ2n) is 7.72. The van der Waals surface area contributed by atoms with Gasteiger partial charge in [-0.15, -0.1) is 0 Å². The number of hydrogen-bond acceptors (Lipinski definition) is 7. The predicted octanol–water partition coefficient (Wildman–Crippen LogP) is 3.75. The highest BCUT2D eigenvalue weighted by molar-refractivity contribution is 9.10. The van der Waals surface area contributed by atoms with Gasteiger partial charge >= 0.3 is 5.97 Å². The molecule has 1 aliphatic rings. The molecule has 0 spiro atoms. The Hall–Kier alpha value is -1.00. The van der Waals surface area contributed by atoms with E-state index in [2.05, 4.69) is 15.9 Å². The molecule has 1 saturated heterocycles. The molecule has 27 heavy (non-hydrogen) atoms. The van der Waals surface area contributed by atoms with Crippen LogP contribution in [-0.2, 0) is 33.3 Å². The number of rotatable bonds is 5. The summed E-state index contributed by atoms with van der Waals surface area (Å²) in [4.78, 5) is 12.1. The number of carbonyl (C=O) groups is 1. The van der Waals surface area contributed by atoms with Gasteiger partial charge in [0.1, 0.15) is 5.60 Å². The van der Waals surface area contributed by atoms with Crippen LogP contribution in [0.3, 0.4) is 0 Å². The van der Waals surface area contributed by atoms with Gasteiger partial charge in [-0.25, -0.2) is 4.18 Å². The zero-order valence-corrected chi connectivity index (χ0v) is 18.4. The molecule has 0 amide bonds. The molecule has 0 saturated carbocycles. The van der Waals surface area contributed by atoms with E-state index in [0.29, 0.717) is 0 Å². The van der Waals surface area contributed by atoms with Crippen molar-refractivity contribution in [1.82, 2.24) is 0 Å². The summed E-state index contributed by atoms with van der Waals surface area (Å²) in [5.41, 5.74) is -0.613. The normalized spacial score (nSPS) is 23.0. The summed E-state index contributed by atoms with van der Waals surface area (Å²) >= 11 is 3.26. The lowest BCUT2D eigenvalue weighted by atomic mass is 10.1. The zero-order valence-electron chi connectivity index (χ0n) is 16.0. The maximum Gasteiger partial charge on any atom is 0.308 e. The van der Waals surface area contributed by atoms with Gasteiger partial charge in [0.15, 0.2) is 12.1 Å². The van der Waals surface area contributed by atoms with Crippen molar-refractivity contribution < 1.29 is 31.6 Å². The molecule has 0 unspecified atom stereocenters. The fourth-order valence-electron chi connectivity index (χ4n) is 2.61. The van der Waals surface area contributed by atoms with Crippen molar-refractivity contribution in [2.24, 2.45) is 0 Å². The first-order valence-corrected chi connectivity index (χ1v) is 10.7. The van der Waals surface area contributed by atoms with Gasteiger partial charge < -0.3 is 14.2 Å². The number of ether oxygens (including phenoxy) is 3. The molecular weight excluding hydrogens is 440 g/mol. The fourth-order valence-corrected chi connectivity index (χ4v) is 3.85. The topological polar surface area (TPSA) is 88.1 Å². The highest BCUT2D eigenvalue weighted by Crippen LogP contribution is 2.31. The number of halogens is 1. The fraction of sp³-hybridized carbons (Fsp3) is 0.611. The average molecular weight is 465 g/mol. The van der Waals surface area contributed by atoms with Gasteiger partial charge in [0.25, 0.3) is 10.1 Å². The SMILES string of the molecule is CC(C)(C)OC(=O)C[C@H]1C[C@@H](OS(=O)(=O)c2ccc(Br)cc2)OC(C)(C)O1. The van der Waals surface area contributed by atoms with Gasteiger partial charge in [-0.2, -0.15) is 8.42 Å². The Bertz CT molecular complexity index is 766. The molecule has 0 radical (unpaired) electrons. The molecule has 0 bridgehead atoms. The maximum atomic E-state index is 12.5. The van der Waals surface area contributed by atoms with Crippen molar-refractivity contribution in [2.75, 3.05) is 0 Å². The number of hydrogen-bond donors (Lipinski definition) is 0. The van der Waals surface area contributed by atoms with Crippen LogP contribution in [0.25, 0.3) is 0 Å². The first kappa shape index (κ1) is 22.3. The molecule has 7 nitrogen and oxygen atoms in total. The molecule has 1 aromatic rings. The monoisotopic (exact) mass is 464 g/mol. The molecule has 2 atom stereocenters. The highest BCUT2D eigenvalue weighted by Gasteiger charge is 2.39. The molecular formula is C18H25BrO7S. The Kier molecular flexibility index (Phi) is 6.74. The molecule has 1 fully saturated rings. The van der Waals surface area contributed by atoms with E-state index in [1.807, 2.05) is 0 Å². The molecule has 1 aliphatic heterocycles. The standard InChI is InChI=1S/C18H25BrO7S/c1-17(2,3)24-15(20)10-13-11-16(25-18(4,5)23-13)26-27(21,22)14-8-6-12(19)7-9-14/h6-9,13,16H,10-11H2,1-5H3/t13-,16+/m0/s1. The van der Waals surface area contributed by atoms with Crippen LogP contribution in [0, 0.1) is 0 Å². The second kappa shape index (κ2) is 8.16. The number of benzene rings is 1. The Morgan fingerprint density at radius 2 is 1.81 bits per heavy atom. The van der Waals surface area contributed by atoms with Crippen molar-refractivity contribution >= 4 is 32.0 Å². The van der Waals surface area contributed by atoms with Crippen molar-refractivity contribution in [3.05, 3.63) is 28.7 Å². The van der Waals surface area contributed by atoms with Crippen LogP contribution in [0.5, 0.6) is 0 Å². The molecule has 0 aromatic heterocycles. The largest absolute Gasteiger partial charge is 0.460 e. The lowest BCUT2D eigenvalue weighted by molar-refractivity contribution is -0.333. The van der Waals surface area contributed by atoms with Crippen LogP contribution in [0.4, 0.5) is 0 Å². The Morgan fingerprint density at radius 3 is 2.37 bits per heavy atom. The molecule has 1 aromatic carbocycles. The van der Waals surface area contributed by atoms with Crippen LogP contribution in [0.15, 0.2) is 33.6 Å². The summed E-state index contributed by atoms with van der Waals surface area (Å²) in [6.45, 7) is 8.59. The zero-order chi connectivity index (χ0) is 20.5. The molecule has 0 N–H and O–H groups in total. The third kappa shape index (κ3) is 7.15. The van der Waals surface area contributed by atoms with Crippen LogP contribution < -0.4 is 0 Å². The van der Waals surface area contributed by atoms with Crippen molar-refractivity contribution in [1.29, 1.82) is 0 Å². The van der Waals surface area contributed by atoms with E-state index in [-0.39, 0.29) is 17.7 Å². The maximum absolute atomic E-state index is 12.5. The van der Waals surface area contributed by atoms with Gasteiger partial charge in [0.05, 0.1) is 17.4 Å². The Balaban J connectivity index is 2.08. The third-order valence-electron chi connectivity index (χ3n) is 3.47. The first-order valence-electron chi connectivity index (χ1n) is 8.52. The highest BCUT2D eigenvalue weighted by atomic mass is 79.9. The molecule has 0 aliphatic carbocycles. The molecule has 2 rings (SSSR count). The van der Waals surface area contributed by atoms with E-state index in [4.69, 9.17) is 18.4 Å². The van der Waals surface area contributed by atoms with Gasteiger partial charge in [-0.3, -0.25) is 4.79 Å². The second-order valence-corrected chi connectivity index (χ2v) is 10.2. The molecule has 9 heteroatoms. The van der Waals surface area contributed by atoms with Crippen molar-refractivity contribution in [3.63, 3.8) is 0 Å². The van der Waals surface area contributed by atoms with Crippen LogP contribution in [0.2, 0.25) is 0 Å². The summed E-state index contributed by atoms with van der Waals surface area (Å²) in [5.74, 6) is -1.54. The van der Waals surface area contributed by atoms with E-state index >= 15 is 0 Å². The van der Waals surface area contributed by atoms with Gasteiger partial charge in [-0.1, -0.05) is 15.9 Å². The van der Waals surface area contributed by atoms with E-state index in [9.17, 15) is 13.2 Å². The summed E-state index contributed by atoms with van der Waals surface area (Å²) in [6.07, 6.45) is -1.61. The predicted molar refractivity (Wildman–Crippen MR) is 101 cm³/mol. The smallest absolute Gasteiger partial charge is 0.308 e. The summed E-state index contributed by atoms with van der Waals surface area (Å²) in [7, 11) is -4.03. The minimum atomic E-state index is -4.03. The summed E-state index contributed by atoms with van der Waals surface area (Å²) in [6, 6.07) is 6.08. The Morgan fingerprint density at radius 1 is 1.22 bits per heavy atom. The first-order chi connectivity index (χ1) is 12.3. The Labute approximate surface area is 168 Å². The van der Waals surface area contributed by atoms with Crippen LogP contribution in [0.1, 0.15) is 47.5 Å². The van der Waals surface area contributed by atoms with Crippen LogP contribution in [-0.4, -0.2) is 38.2 Å². The minimum Gasteiger partial charge on any atom is -0.460 e. The van der Waals surface area contributed by atoms with Gasteiger partial charge in [0, 0.05) is 10.9 Å². The average Bonchev–Trinajstić information content (AvgIpc) is 2.42. The lowest BCUT2D eigenvalue weighted by Gasteiger charge is -2.39. The van der Waals surface area contributed by atoms with Gasteiger partial charge in [0.2, 0.25) is 0 Å². The van der Waals surface area contributed by atoms with E-state index in [1.54, 1.807) is 46.8 Å². The van der Waals surface area contributed by atoms with Crippen molar-refractivity contribution in [2.45, 2.75) is 76.1 Å². The van der Waals surface area contributed by atoms with Crippen molar-refractivity contribution in [3.8, 4) is 0 Å². The molecule has 1 heterocycles. The van der Waals surface area contributed by atoms with Gasteiger partial charge in [-0.05, 0) is 58.9 Å².